The molecule has 2 fully saturated rings. The minimum absolute atomic E-state index is 0.113. The first-order valence-corrected chi connectivity index (χ1v) is 8.58. The molecule has 0 bridgehead atoms. The van der Waals surface area contributed by atoms with Gasteiger partial charge in [0.15, 0.2) is 5.13 Å². The lowest BCUT2D eigenvalue weighted by molar-refractivity contribution is 0.0958. The van der Waals surface area contributed by atoms with E-state index in [1.807, 2.05) is 0 Å². The van der Waals surface area contributed by atoms with Crippen molar-refractivity contribution in [2.75, 3.05) is 24.1 Å². The van der Waals surface area contributed by atoms with Crippen LogP contribution >= 0.6 is 11.3 Å². The largest absolute Gasteiger partial charge is 0.382 e. The van der Waals surface area contributed by atoms with Gasteiger partial charge in [-0.05, 0) is 45.1 Å². The van der Waals surface area contributed by atoms with Gasteiger partial charge in [-0.25, -0.2) is 4.98 Å². The lowest BCUT2D eigenvalue weighted by Gasteiger charge is -2.25. The van der Waals surface area contributed by atoms with Gasteiger partial charge in [0.1, 0.15) is 10.7 Å². The first-order valence-electron chi connectivity index (χ1n) is 7.77. The molecule has 2 aliphatic carbocycles. The fraction of sp³-hybridized carbons (Fsp3) is 0.714. The number of amides is 1. The van der Waals surface area contributed by atoms with Crippen LogP contribution in [0.15, 0.2) is 0 Å². The summed E-state index contributed by atoms with van der Waals surface area (Å²) in [5, 5.41) is 10.4. The van der Waals surface area contributed by atoms with Gasteiger partial charge >= 0.3 is 0 Å². The zero-order valence-electron chi connectivity index (χ0n) is 12.2. The summed E-state index contributed by atoms with van der Waals surface area (Å²) in [5.74, 6) is 0.216. The van der Waals surface area contributed by atoms with Crippen molar-refractivity contribution in [2.45, 2.75) is 50.6 Å². The Morgan fingerprint density at radius 1 is 1.24 bits per heavy atom. The molecule has 21 heavy (non-hydrogen) atoms. The third kappa shape index (κ3) is 4.07. The molecule has 2 saturated carbocycles. The van der Waals surface area contributed by atoms with E-state index in [-0.39, 0.29) is 5.91 Å². The maximum atomic E-state index is 12.1. The molecule has 1 aromatic heterocycles. The van der Waals surface area contributed by atoms with E-state index in [0.29, 0.717) is 23.3 Å². The van der Waals surface area contributed by atoms with Crippen LogP contribution in [-0.4, -0.2) is 36.1 Å². The lowest BCUT2D eigenvalue weighted by Crippen LogP contribution is -2.27. The Balaban J connectivity index is 1.42. The van der Waals surface area contributed by atoms with Gasteiger partial charge < -0.3 is 21.7 Å². The molecule has 0 spiro atoms. The van der Waals surface area contributed by atoms with Gasteiger partial charge in [-0.15, -0.1) is 0 Å². The highest BCUT2D eigenvalue weighted by molar-refractivity contribution is 7.18. The lowest BCUT2D eigenvalue weighted by atomic mass is 9.93. The van der Waals surface area contributed by atoms with Crippen molar-refractivity contribution < 1.29 is 4.79 Å². The van der Waals surface area contributed by atoms with Crippen molar-refractivity contribution in [3.05, 3.63) is 4.88 Å². The minimum atomic E-state index is -0.113. The number of aromatic nitrogens is 1. The summed E-state index contributed by atoms with van der Waals surface area (Å²) in [5.41, 5.74) is 5.84. The van der Waals surface area contributed by atoms with Crippen LogP contribution in [-0.2, 0) is 0 Å². The molecule has 6 nitrogen and oxygen atoms in total. The molecule has 3 rings (SSSR count). The molecule has 7 heteroatoms. The third-order valence-electron chi connectivity index (χ3n) is 3.94. The molecule has 0 aromatic carbocycles. The summed E-state index contributed by atoms with van der Waals surface area (Å²) in [6.07, 6.45) is 7.14. The molecule has 0 saturated heterocycles. The second kappa shape index (κ2) is 6.62. The van der Waals surface area contributed by atoms with Crippen LogP contribution in [0.4, 0.5) is 10.9 Å². The van der Waals surface area contributed by atoms with E-state index in [0.717, 1.165) is 24.1 Å². The second-order valence-electron chi connectivity index (χ2n) is 5.84. The van der Waals surface area contributed by atoms with E-state index in [4.69, 9.17) is 5.73 Å². The Hall–Kier alpha value is -1.34. The van der Waals surface area contributed by atoms with E-state index in [9.17, 15) is 4.79 Å². The SMILES string of the molecule is Nc1nc(NC2CCC2)sc1C(=O)NCCCNC1CC1. The quantitative estimate of drug-likeness (QED) is 0.547. The first kappa shape index (κ1) is 14.6. The van der Waals surface area contributed by atoms with Gasteiger partial charge in [0.2, 0.25) is 0 Å². The standard InChI is InChI=1S/C14H23N5OS/c15-12-11(21-14(19-12)18-10-3-1-4-10)13(20)17-8-2-7-16-9-5-6-9/h9-10,16H,1-8,15H2,(H,17,20)(H,18,19). The van der Waals surface area contributed by atoms with Gasteiger partial charge in [-0.3, -0.25) is 4.79 Å². The van der Waals surface area contributed by atoms with Crippen molar-refractivity contribution in [1.82, 2.24) is 15.6 Å². The Bertz CT molecular complexity index is 496. The predicted molar refractivity (Wildman–Crippen MR) is 85.8 cm³/mol. The van der Waals surface area contributed by atoms with Crippen LogP contribution in [0.5, 0.6) is 0 Å². The Kier molecular flexibility index (Phi) is 4.60. The Labute approximate surface area is 128 Å². The molecule has 2 aliphatic rings. The summed E-state index contributed by atoms with van der Waals surface area (Å²) in [6.45, 7) is 1.62. The third-order valence-corrected chi connectivity index (χ3v) is 4.94. The maximum absolute atomic E-state index is 12.1. The first-order chi connectivity index (χ1) is 10.2. The van der Waals surface area contributed by atoms with Gasteiger partial charge in [0, 0.05) is 18.6 Å². The van der Waals surface area contributed by atoms with E-state index in [1.165, 1.54) is 43.4 Å². The summed E-state index contributed by atoms with van der Waals surface area (Å²) in [4.78, 5) is 16.9. The van der Waals surface area contributed by atoms with Crippen molar-refractivity contribution in [2.24, 2.45) is 0 Å². The van der Waals surface area contributed by atoms with Gasteiger partial charge in [-0.1, -0.05) is 11.3 Å². The van der Waals surface area contributed by atoms with Gasteiger partial charge in [-0.2, -0.15) is 0 Å². The number of nitrogens with two attached hydrogens (primary N) is 1. The van der Waals surface area contributed by atoms with Crippen molar-refractivity contribution in [1.29, 1.82) is 0 Å². The minimum Gasteiger partial charge on any atom is -0.382 e. The van der Waals surface area contributed by atoms with E-state index >= 15 is 0 Å². The van der Waals surface area contributed by atoms with Crippen LogP contribution in [0, 0.1) is 0 Å². The van der Waals surface area contributed by atoms with Crippen LogP contribution in [0.25, 0.3) is 0 Å². The molecule has 0 radical (unpaired) electrons. The molecular weight excluding hydrogens is 286 g/mol. The summed E-state index contributed by atoms with van der Waals surface area (Å²) >= 11 is 1.35. The topological polar surface area (TPSA) is 92.1 Å². The second-order valence-corrected chi connectivity index (χ2v) is 6.84. The fourth-order valence-electron chi connectivity index (χ4n) is 2.25. The van der Waals surface area contributed by atoms with Crippen molar-refractivity contribution >= 4 is 28.2 Å². The smallest absolute Gasteiger partial charge is 0.265 e. The predicted octanol–water partition coefficient (Wildman–Crippen LogP) is 1.56. The monoisotopic (exact) mass is 309 g/mol. The van der Waals surface area contributed by atoms with E-state index in [1.54, 1.807) is 0 Å². The van der Waals surface area contributed by atoms with Crippen LogP contribution < -0.4 is 21.7 Å². The fourth-order valence-corrected chi connectivity index (χ4v) is 3.13. The van der Waals surface area contributed by atoms with E-state index in [2.05, 4.69) is 20.9 Å². The molecule has 0 aliphatic heterocycles. The maximum Gasteiger partial charge on any atom is 0.265 e. The highest BCUT2D eigenvalue weighted by Crippen LogP contribution is 2.29. The number of nitrogen functional groups attached to an aromatic ring is 1. The normalized spacial score (nSPS) is 18.3. The highest BCUT2D eigenvalue weighted by Gasteiger charge is 2.21. The summed E-state index contributed by atoms with van der Waals surface area (Å²) in [7, 11) is 0. The average Bonchev–Trinajstić information content (AvgIpc) is 3.16. The number of nitrogens with zero attached hydrogens (tertiary/aromatic N) is 1. The Morgan fingerprint density at radius 3 is 2.71 bits per heavy atom. The van der Waals surface area contributed by atoms with E-state index < -0.39 is 0 Å². The molecule has 1 amide bonds. The van der Waals surface area contributed by atoms with Crippen LogP contribution in [0.2, 0.25) is 0 Å². The number of anilines is 2. The molecular formula is C14H23N5OS. The number of nitrogens with one attached hydrogen (secondary N) is 3. The molecule has 0 unspecified atom stereocenters. The number of rotatable bonds is 8. The molecule has 5 N–H and O–H groups in total. The zero-order chi connectivity index (χ0) is 14.7. The van der Waals surface area contributed by atoms with Crippen molar-refractivity contribution in [3.8, 4) is 0 Å². The van der Waals surface area contributed by atoms with Gasteiger partial charge in [0.05, 0.1) is 0 Å². The highest BCUT2D eigenvalue weighted by atomic mass is 32.1. The van der Waals surface area contributed by atoms with Crippen LogP contribution in [0.3, 0.4) is 0 Å². The number of carbonyl (C=O) groups is 1. The molecule has 0 atom stereocenters. The zero-order valence-corrected chi connectivity index (χ0v) is 13.0. The number of hydrogen-bond donors (Lipinski definition) is 4. The Morgan fingerprint density at radius 2 is 2.05 bits per heavy atom. The molecule has 1 heterocycles. The van der Waals surface area contributed by atoms with Crippen molar-refractivity contribution in [3.63, 3.8) is 0 Å². The number of thiazole rings is 1. The molecule has 1 aromatic rings. The summed E-state index contributed by atoms with van der Waals surface area (Å²) < 4.78 is 0. The average molecular weight is 309 g/mol. The summed E-state index contributed by atoms with van der Waals surface area (Å²) in [6, 6.07) is 1.22. The molecule has 116 valence electrons. The van der Waals surface area contributed by atoms with Gasteiger partial charge in [0.25, 0.3) is 5.91 Å². The number of carbonyl (C=O) groups excluding carboxylic acids is 1. The van der Waals surface area contributed by atoms with Crippen LogP contribution in [0.1, 0.15) is 48.2 Å². The number of hydrogen-bond acceptors (Lipinski definition) is 6.